The molecule has 0 saturated heterocycles. The summed E-state index contributed by atoms with van der Waals surface area (Å²) >= 11 is 0. The largest absolute Gasteiger partial charge is 0.493 e. The van der Waals surface area contributed by atoms with Gasteiger partial charge in [-0.25, -0.2) is 9.97 Å². The molecule has 2 heterocycles. The molecule has 33 heavy (non-hydrogen) atoms. The van der Waals surface area contributed by atoms with E-state index in [2.05, 4.69) is 16.5 Å². The Bertz CT molecular complexity index is 1070. The number of benzene rings is 1. The molecule has 0 radical (unpaired) electrons. The van der Waals surface area contributed by atoms with E-state index in [1.807, 2.05) is 38.1 Å². The van der Waals surface area contributed by atoms with Crippen LogP contribution in [-0.2, 0) is 38.8 Å². The second kappa shape index (κ2) is 11.8. The highest BCUT2D eigenvalue weighted by molar-refractivity contribution is 6.06. The molecule has 0 aliphatic carbocycles. The second-order valence-electron chi connectivity index (χ2n) is 7.72. The van der Waals surface area contributed by atoms with E-state index in [0.29, 0.717) is 11.5 Å². The molecule has 0 fully saturated rings. The topological polar surface area (TPSA) is 90.8 Å². The van der Waals surface area contributed by atoms with Crippen LogP contribution in [0.25, 0.3) is 0 Å². The zero-order chi connectivity index (χ0) is 23.6. The number of ether oxygens (including phenoxy) is 3. The van der Waals surface area contributed by atoms with Gasteiger partial charge in [0.25, 0.3) is 0 Å². The fraction of sp³-hybridized carbons (Fsp3) is 0.269. The van der Waals surface area contributed by atoms with Crippen molar-refractivity contribution in [2.45, 2.75) is 33.7 Å². The minimum Gasteiger partial charge on any atom is -0.493 e. The van der Waals surface area contributed by atoms with Crippen LogP contribution in [0.3, 0.4) is 0 Å². The van der Waals surface area contributed by atoms with Crippen LogP contribution < -0.4 is 0 Å². The fourth-order valence-corrected chi connectivity index (χ4v) is 3.02. The third-order valence-electron chi connectivity index (χ3n) is 4.94. The van der Waals surface area contributed by atoms with Crippen LogP contribution in [0.5, 0.6) is 0 Å². The van der Waals surface area contributed by atoms with Crippen molar-refractivity contribution in [2.75, 3.05) is 6.61 Å². The molecule has 1 aromatic carbocycles. The Morgan fingerprint density at radius 2 is 1.82 bits per heavy atom. The minimum atomic E-state index is -0.307. The van der Waals surface area contributed by atoms with E-state index < -0.39 is 0 Å². The fourth-order valence-electron chi connectivity index (χ4n) is 3.02. The maximum Gasteiger partial charge on any atom is 0.192 e. The highest BCUT2D eigenvalue weighted by atomic mass is 16.5. The lowest BCUT2D eigenvalue weighted by atomic mass is 10.1. The predicted molar refractivity (Wildman–Crippen MR) is 123 cm³/mol. The molecule has 2 aromatic rings. The number of carbonyl (C=O) groups excluding carboxylic acids is 1. The molecule has 0 amide bonds. The number of aromatic nitrogens is 2. The lowest BCUT2D eigenvalue weighted by molar-refractivity contribution is -0.111. The van der Waals surface area contributed by atoms with Gasteiger partial charge in [-0.05, 0) is 17.2 Å². The predicted octanol–water partition coefficient (Wildman–Crippen LogP) is 4.17. The van der Waals surface area contributed by atoms with Gasteiger partial charge in [0.2, 0.25) is 0 Å². The molecule has 1 aliphatic rings. The lowest BCUT2D eigenvalue weighted by Crippen LogP contribution is -2.11. The molecular weight excluding hydrogens is 420 g/mol. The monoisotopic (exact) mass is 448 g/mol. The first kappa shape index (κ1) is 23.9. The number of hydrogen-bond donors (Lipinski definition) is 1. The summed E-state index contributed by atoms with van der Waals surface area (Å²) in [6.07, 6.45) is 9.63. The lowest BCUT2D eigenvalue weighted by Gasteiger charge is -2.18. The van der Waals surface area contributed by atoms with Crippen LogP contribution in [0.1, 0.15) is 30.5 Å². The zero-order valence-corrected chi connectivity index (χ0v) is 18.9. The van der Waals surface area contributed by atoms with Gasteiger partial charge >= 0.3 is 0 Å². The van der Waals surface area contributed by atoms with Crippen LogP contribution in [0, 0.1) is 5.92 Å². The van der Waals surface area contributed by atoms with Crippen LogP contribution in [0.2, 0.25) is 0 Å². The molecule has 0 spiro atoms. The Morgan fingerprint density at radius 3 is 2.52 bits per heavy atom. The molecular formula is C26H28N2O5. The Morgan fingerprint density at radius 1 is 1.09 bits per heavy atom. The quantitative estimate of drug-likeness (QED) is 0.606. The smallest absolute Gasteiger partial charge is 0.192 e. The molecule has 0 bridgehead atoms. The van der Waals surface area contributed by atoms with Crippen LogP contribution >= 0.6 is 0 Å². The molecule has 3 rings (SSSR count). The number of rotatable bonds is 8. The highest BCUT2D eigenvalue weighted by Gasteiger charge is 2.18. The van der Waals surface area contributed by atoms with Gasteiger partial charge in [0.15, 0.2) is 5.78 Å². The Balaban J connectivity index is 1.89. The Labute approximate surface area is 193 Å². The molecule has 0 unspecified atom stereocenters. The summed E-state index contributed by atoms with van der Waals surface area (Å²) in [6, 6.07) is 7.40. The summed E-state index contributed by atoms with van der Waals surface area (Å²) in [5, 5.41) is 9.60. The summed E-state index contributed by atoms with van der Waals surface area (Å²) in [6.45, 7) is 8.36. The summed E-state index contributed by atoms with van der Waals surface area (Å²) in [7, 11) is 0. The number of aliphatic hydroxyl groups is 1. The molecule has 0 atom stereocenters. The molecule has 7 heteroatoms. The van der Waals surface area contributed by atoms with Crippen molar-refractivity contribution in [1.29, 1.82) is 0 Å². The normalized spacial score (nSPS) is 17.9. The first-order valence-corrected chi connectivity index (χ1v) is 10.6. The van der Waals surface area contributed by atoms with Crippen molar-refractivity contribution in [2.24, 2.45) is 5.92 Å². The summed E-state index contributed by atoms with van der Waals surface area (Å²) < 4.78 is 17.8. The number of nitrogens with zero attached hydrogens (tertiary/aromatic N) is 2. The van der Waals surface area contributed by atoms with Gasteiger partial charge in [-0.1, -0.05) is 44.7 Å². The van der Waals surface area contributed by atoms with Crippen LogP contribution in [0.15, 0.2) is 90.6 Å². The maximum absolute atomic E-state index is 12.9. The number of aliphatic hydroxyl groups excluding tert-OH is 1. The van der Waals surface area contributed by atoms with Crippen LogP contribution in [-0.4, -0.2) is 27.5 Å². The van der Waals surface area contributed by atoms with Gasteiger partial charge in [0.05, 0.1) is 12.2 Å². The van der Waals surface area contributed by atoms with Crippen molar-refractivity contribution in [1.82, 2.24) is 9.97 Å². The van der Waals surface area contributed by atoms with E-state index in [1.54, 1.807) is 24.5 Å². The summed E-state index contributed by atoms with van der Waals surface area (Å²) in [5.74, 6) is 1.01. The average molecular weight is 449 g/mol. The average Bonchev–Trinajstić information content (AvgIpc) is 2.83. The van der Waals surface area contributed by atoms with E-state index in [-0.39, 0.29) is 49.5 Å². The number of allylic oxidation sites excluding steroid dienone is 4. The first-order chi connectivity index (χ1) is 16.0. The van der Waals surface area contributed by atoms with Gasteiger partial charge in [-0.3, -0.25) is 4.79 Å². The zero-order valence-electron chi connectivity index (χ0n) is 18.9. The third-order valence-corrected chi connectivity index (χ3v) is 4.94. The number of hydrogen-bond acceptors (Lipinski definition) is 7. The van der Waals surface area contributed by atoms with Gasteiger partial charge in [0.1, 0.15) is 43.4 Å². The van der Waals surface area contributed by atoms with Crippen molar-refractivity contribution in [3.8, 4) is 0 Å². The second-order valence-corrected chi connectivity index (χ2v) is 7.72. The van der Waals surface area contributed by atoms with Crippen molar-refractivity contribution in [3.63, 3.8) is 0 Å². The van der Waals surface area contributed by atoms with E-state index in [1.165, 1.54) is 12.4 Å². The van der Waals surface area contributed by atoms with Crippen LogP contribution in [0.4, 0.5) is 0 Å². The number of carbonyl (C=O) groups is 1. The Hall–Kier alpha value is -3.71. The van der Waals surface area contributed by atoms with Crippen molar-refractivity contribution < 1.29 is 24.1 Å². The van der Waals surface area contributed by atoms with Crippen molar-refractivity contribution in [3.05, 3.63) is 107 Å². The van der Waals surface area contributed by atoms with Gasteiger partial charge in [-0.15, -0.1) is 0 Å². The summed E-state index contributed by atoms with van der Waals surface area (Å²) in [4.78, 5) is 20.9. The maximum atomic E-state index is 12.9. The molecule has 172 valence electrons. The molecule has 1 N–H and O–H groups in total. The molecule has 0 saturated carbocycles. The van der Waals surface area contributed by atoms with E-state index in [0.717, 1.165) is 16.7 Å². The van der Waals surface area contributed by atoms with Gasteiger partial charge in [0, 0.05) is 36.0 Å². The third kappa shape index (κ3) is 6.89. The van der Waals surface area contributed by atoms with E-state index in [9.17, 15) is 9.90 Å². The van der Waals surface area contributed by atoms with Crippen molar-refractivity contribution >= 4 is 5.78 Å². The van der Waals surface area contributed by atoms with E-state index >= 15 is 0 Å². The van der Waals surface area contributed by atoms with Gasteiger partial charge in [-0.2, -0.15) is 0 Å². The Kier molecular flexibility index (Phi) is 8.55. The standard InChI is InChI=1S/C26H28N2O5/c1-18(2)25-11-24(30)19(3)26(33-16-22-7-5-4-6-21(22)14-29)10-23(8-9-31-25)32-15-20-12-27-17-28-13-20/h4-8,10-13,17-18,29H,3,9,14-16H2,1-2H3/b23-8+,25-11-,26-10?. The summed E-state index contributed by atoms with van der Waals surface area (Å²) in [5.41, 5.74) is 2.54. The molecule has 1 aromatic heterocycles. The van der Waals surface area contributed by atoms with E-state index in [4.69, 9.17) is 14.2 Å². The molecule has 7 nitrogen and oxygen atoms in total. The molecule has 1 aliphatic heterocycles. The van der Waals surface area contributed by atoms with Gasteiger partial charge < -0.3 is 19.3 Å². The minimum absolute atomic E-state index is 0.0187. The highest BCUT2D eigenvalue weighted by Crippen LogP contribution is 2.23. The SMILES string of the molecule is C=C1C(=O)/C=C(/C(C)C)OC/C=C(/OCc2cncnc2)C=C1OCc1ccccc1CO. The first-order valence-electron chi connectivity index (χ1n) is 10.6. The number of ketones is 1.